The summed E-state index contributed by atoms with van der Waals surface area (Å²) in [6, 6.07) is 7.60. The molecule has 1 aromatic heterocycles. The number of phenolic OH excluding ortho intramolecular Hbond substituents is 1. The maximum atomic E-state index is 17.1. The van der Waals surface area contributed by atoms with Crippen molar-refractivity contribution in [1.82, 2.24) is 20.2 Å². The van der Waals surface area contributed by atoms with Crippen molar-refractivity contribution in [2.45, 2.75) is 63.0 Å². The Morgan fingerprint density at radius 2 is 1.84 bits per heavy atom. The Morgan fingerprint density at radius 1 is 1.08 bits per heavy atom. The summed E-state index contributed by atoms with van der Waals surface area (Å²) in [5, 5.41) is 15.3. The summed E-state index contributed by atoms with van der Waals surface area (Å²) in [6.07, 6.45) is 10.8. The van der Waals surface area contributed by atoms with Gasteiger partial charge in [0, 0.05) is 66.4 Å². The number of hydrogen-bond donors (Lipinski definition) is 2. The third-order valence-electron chi connectivity index (χ3n) is 11.7. The van der Waals surface area contributed by atoms with Crippen molar-refractivity contribution in [1.29, 1.82) is 0 Å². The first-order chi connectivity index (χ1) is 24.0. The molecule has 0 amide bonds. The van der Waals surface area contributed by atoms with E-state index in [4.69, 9.17) is 27.7 Å². The molecule has 2 N–H and O–H groups in total. The van der Waals surface area contributed by atoms with Crippen molar-refractivity contribution in [2.75, 3.05) is 44.2 Å². The smallest absolute Gasteiger partial charge is 0.319 e. The molecule has 1 spiro atoms. The molecule has 9 rings (SSSR count). The Labute approximate surface area is 292 Å². The Kier molecular flexibility index (Phi) is 7.27. The topological polar surface area (TPSA) is 73.8 Å². The van der Waals surface area contributed by atoms with Gasteiger partial charge in [-0.3, -0.25) is 0 Å². The lowest BCUT2D eigenvalue weighted by molar-refractivity contribution is 0.0167. The molecule has 3 saturated heterocycles. The van der Waals surface area contributed by atoms with Crippen molar-refractivity contribution in [2.24, 2.45) is 10.8 Å². The number of halogens is 5. The van der Waals surface area contributed by atoms with Crippen LogP contribution >= 0.6 is 11.6 Å². The number of ether oxygens (including phenoxy) is 1. The molecule has 0 radical (unpaired) electrons. The molecule has 7 nitrogen and oxygen atoms in total. The second-order valence-corrected chi connectivity index (χ2v) is 15.6. The number of piperazine rings is 1. The Bertz CT molecular complexity index is 2110. The number of fused-ring (bicyclic) bond motifs is 4. The van der Waals surface area contributed by atoms with Crippen LogP contribution in [-0.4, -0.2) is 77.3 Å². The molecule has 3 unspecified atom stereocenters. The fraction of sp³-hybridized carbons (Fsp3) is 0.474. The molecule has 50 heavy (non-hydrogen) atoms. The SMILES string of the molecule is C#Cc1c(F)ccc2cc(O)cc(-c3c(Cl)cc4c(N5CC6CCC(C5)N6)nc(OCC5(CN6CCCC7(C6)CC7(F)F)CC5)nc4c3F)c12. The molecule has 3 atom stereocenters. The van der Waals surface area contributed by atoms with E-state index in [0.717, 1.165) is 38.6 Å². The van der Waals surface area contributed by atoms with E-state index in [1.807, 2.05) is 0 Å². The van der Waals surface area contributed by atoms with E-state index in [2.05, 4.69) is 26.0 Å². The molecule has 2 aliphatic carbocycles. The highest BCUT2D eigenvalue weighted by molar-refractivity contribution is 6.35. The molecule has 260 valence electrons. The van der Waals surface area contributed by atoms with Crippen LogP contribution in [0, 0.1) is 34.8 Å². The number of anilines is 1. The van der Waals surface area contributed by atoms with Crippen LogP contribution in [-0.2, 0) is 0 Å². The van der Waals surface area contributed by atoms with Crippen LogP contribution in [0.25, 0.3) is 32.8 Å². The number of likely N-dealkylation sites (tertiary alicyclic amines) is 1. The zero-order valence-electron chi connectivity index (χ0n) is 27.3. The third kappa shape index (κ3) is 5.25. The first-order valence-corrected chi connectivity index (χ1v) is 17.7. The second kappa shape index (κ2) is 11.3. The summed E-state index contributed by atoms with van der Waals surface area (Å²) >= 11 is 6.88. The van der Waals surface area contributed by atoms with Gasteiger partial charge in [-0.1, -0.05) is 23.6 Å². The minimum Gasteiger partial charge on any atom is -0.508 e. The number of aromatic nitrogens is 2. The minimum atomic E-state index is -2.58. The molecule has 5 fully saturated rings. The lowest BCUT2D eigenvalue weighted by Crippen LogP contribution is -2.51. The van der Waals surface area contributed by atoms with Gasteiger partial charge in [0.05, 0.1) is 22.6 Å². The molecule has 12 heteroatoms. The molecule has 4 heterocycles. The van der Waals surface area contributed by atoms with Gasteiger partial charge < -0.3 is 25.0 Å². The van der Waals surface area contributed by atoms with Gasteiger partial charge in [-0.05, 0) is 80.3 Å². The second-order valence-electron chi connectivity index (χ2n) is 15.2. The maximum absolute atomic E-state index is 17.1. The van der Waals surface area contributed by atoms with Crippen LogP contribution in [0.4, 0.5) is 23.4 Å². The molecular formula is C38H36ClF4N5O2. The summed E-state index contributed by atoms with van der Waals surface area (Å²) in [6.45, 7) is 3.43. The number of piperidine rings is 1. The van der Waals surface area contributed by atoms with E-state index in [0.29, 0.717) is 49.2 Å². The molecule has 2 saturated carbocycles. The standard InChI is InChI=1S/C38H36ClF4N5O2/c1-2-25-29(40)7-4-21-12-24(49)13-26(30(21)25)31-28(39)14-27-33(32(31)41)45-35(46-34(27)48-15-22-5-6-23(16-48)44-22)50-20-36(9-10-36)18-47-11-3-8-37(19-47)17-38(37,42)43/h1,4,7,12-14,22-23,44,49H,3,5-6,8-11,15-20H2. The van der Waals surface area contributed by atoms with Gasteiger partial charge in [-0.25, -0.2) is 17.6 Å². The average Bonchev–Trinajstić information content (AvgIpc) is 3.91. The zero-order valence-corrected chi connectivity index (χ0v) is 28.1. The monoisotopic (exact) mass is 705 g/mol. The summed E-state index contributed by atoms with van der Waals surface area (Å²) in [5.74, 6) is -1.29. The number of nitrogens with zero attached hydrogens (tertiary/aromatic N) is 4. The Morgan fingerprint density at radius 3 is 2.54 bits per heavy atom. The minimum absolute atomic E-state index is 0.0109. The first-order valence-electron chi connectivity index (χ1n) is 17.3. The Hall–Kier alpha value is -3.85. The van der Waals surface area contributed by atoms with Gasteiger partial charge in [-0.15, -0.1) is 6.42 Å². The summed E-state index contributed by atoms with van der Waals surface area (Å²) in [4.78, 5) is 13.7. The fourth-order valence-corrected chi connectivity index (χ4v) is 9.14. The van der Waals surface area contributed by atoms with E-state index < -0.39 is 23.0 Å². The number of rotatable bonds is 7. The predicted molar refractivity (Wildman–Crippen MR) is 184 cm³/mol. The quantitative estimate of drug-likeness (QED) is 0.155. The van der Waals surface area contributed by atoms with Crippen molar-refractivity contribution in [3.8, 4) is 35.2 Å². The van der Waals surface area contributed by atoms with Crippen molar-refractivity contribution in [3.05, 3.63) is 52.6 Å². The van der Waals surface area contributed by atoms with E-state index >= 15 is 4.39 Å². The number of alkyl halides is 2. The van der Waals surface area contributed by atoms with Crippen LogP contribution in [0.3, 0.4) is 0 Å². The van der Waals surface area contributed by atoms with Crippen molar-refractivity contribution in [3.63, 3.8) is 0 Å². The predicted octanol–water partition coefficient (Wildman–Crippen LogP) is 7.29. The molecular weight excluding hydrogens is 670 g/mol. The summed E-state index contributed by atoms with van der Waals surface area (Å²) < 4.78 is 66.8. The highest BCUT2D eigenvalue weighted by atomic mass is 35.5. The number of benzene rings is 3. The molecule has 5 aliphatic rings. The highest BCUT2D eigenvalue weighted by Crippen LogP contribution is 2.65. The average molecular weight is 706 g/mol. The summed E-state index contributed by atoms with van der Waals surface area (Å²) in [7, 11) is 0. The molecule has 3 aromatic carbocycles. The van der Waals surface area contributed by atoms with Crippen molar-refractivity contribution < 1.29 is 27.4 Å². The zero-order chi connectivity index (χ0) is 34.6. The van der Waals surface area contributed by atoms with E-state index in [-0.39, 0.29) is 74.9 Å². The highest BCUT2D eigenvalue weighted by Gasteiger charge is 2.71. The van der Waals surface area contributed by atoms with Crippen LogP contribution < -0.4 is 15.0 Å². The lowest BCUT2D eigenvalue weighted by atomic mass is 9.93. The first kappa shape index (κ1) is 32.1. The molecule has 3 aliphatic heterocycles. The molecule has 4 aromatic rings. The van der Waals surface area contributed by atoms with Gasteiger partial charge in [0.25, 0.3) is 5.92 Å². The maximum Gasteiger partial charge on any atom is 0.319 e. The van der Waals surface area contributed by atoms with Crippen LogP contribution in [0.1, 0.15) is 50.5 Å². The van der Waals surface area contributed by atoms with Gasteiger partial charge in [0.1, 0.15) is 22.9 Å². The van der Waals surface area contributed by atoms with Gasteiger partial charge >= 0.3 is 6.01 Å². The third-order valence-corrected chi connectivity index (χ3v) is 12.0. The van der Waals surface area contributed by atoms with E-state index in [1.54, 1.807) is 6.07 Å². The molecule has 2 bridgehead atoms. The Balaban J connectivity index is 1.11. The normalized spacial score (nSPS) is 26.4. The number of phenols is 1. The van der Waals surface area contributed by atoms with Crippen LogP contribution in [0.5, 0.6) is 11.8 Å². The number of terminal acetylenes is 1. The fourth-order valence-electron chi connectivity index (χ4n) is 8.85. The number of aromatic hydroxyl groups is 1. The van der Waals surface area contributed by atoms with Gasteiger partial charge in [-0.2, -0.15) is 9.97 Å². The van der Waals surface area contributed by atoms with Crippen LogP contribution in [0.15, 0.2) is 30.3 Å². The number of nitrogens with one attached hydrogen (secondary N) is 1. The van der Waals surface area contributed by atoms with E-state index in [1.165, 1.54) is 24.3 Å². The largest absolute Gasteiger partial charge is 0.508 e. The summed E-state index contributed by atoms with van der Waals surface area (Å²) in [5.41, 5.74) is -1.13. The van der Waals surface area contributed by atoms with Crippen LogP contribution in [0.2, 0.25) is 5.02 Å². The number of hydrogen-bond acceptors (Lipinski definition) is 7. The van der Waals surface area contributed by atoms with Crippen molar-refractivity contribution >= 4 is 39.1 Å². The van der Waals surface area contributed by atoms with Gasteiger partial charge in [0.2, 0.25) is 0 Å². The lowest BCUT2D eigenvalue weighted by Gasteiger charge is -2.35. The van der Waals surface area contributed by atoms with Gasteiger partial charge in [0.15, 0.2) is 5.82 Å². The van der Waals surface area contributed by atoms with E-state index in [9.17, 15) is 18.3 Å².